The van der Waals surface area contributed by atoms with Crippen LogP contribution in [-0.2, 0) is 16.0 Å². The van der Waals surface area contributed by atoms with Gasteiger partial charge in [0.25, 0.3) is 0 Å². The molecule has 0 spiro atoms. The molecule has 1 aromatic carbocycles. The predicted octanol–water partition coefficient (Wildman–Crippen LogP) is 3.58. The Balaban J connectivity index is 2.98. The van der Waals surface area contributed by atoms with Gasteiger partial charge < -0.3 is 4.74 Å². The minimum absolute atomic E-state index is 0.212. The van der Waals surface area contributed by atoms with Gasteiger partial charge in [0.2, 0.25) is 0 Å². The van der Waals surface area contributed by atoms with E-state index in [1.54, 1.807) is 12.1 Å². The van der Waals surface area contributed by atoms with Crippen LogP contribution in [0.4, 0.5) is 0 Å². The topological polar surface area (TPSA) is 26.3 Å². The molecule has 2 nitrogen and oxygen atoms in total. The van der Waals surface area contributed by atoms with Crippen LogP contribution in [0.2, 0.25) is 5.02 Å². The Morgan fingerprint density at radius 1 is 1.43 bits per heavy atom. The fraction of sp³-hybridized carbons (Fsp3) is 0.222. The van der Waals surface area contributed by atoms with E-state index in [0.717, 1.165) is 14.5 Å². The minimum Gasteiger partial charge on any atom is -0.469 e. The molecular weight excluding hydrogens is 335 g/mol. The van der Waals surface area contributed by atoms with Gasteiger partial charge in [0.05, 0.1) is 18.6 Å². The third-order valence-corrected chi connectivity index (χ3v) is 3.59. The Kier molecular flexibility index (Phi) is 4.41. The molecule has 0 heterocycles. The number of esters is 1. The van der Waals surface area contributed by atoms with Gasteiger partial charge in [-0.05, 0) is 33.6 Å². The highest BCUT2D eigenvalue weighted by Crippen LogP contribution is 2.29. The summed E-state index contributed by atoms with van der Waals surface area (Å²) in [5, 5.41) is 0.576. The van der Waals surface area contributed by atoms with Crippen molar-refractivity contribution < 1.29 is 9.53 Å². The molecule has 76 valence electrons. The average Bonchev–Trinajstić information content (AvgIpc) is 2.14. The number of methoxy groups -OCH3 is 1. The molecule has 0 saturated heterocycles. The van der Waals surface area contributed by atoms with E-state index < -0.39 is 0 Å². The maximum absolute atomic E-state index is 11.0. The molecule has 0 aromatic heterocycles. The summed E-state index contributed by atoms with van der Waals surface area (Å²) in [5.41, 5.74) is 0.810. The second kappa shape index (κ2) is 5.14. The van der Waals surface area contributed by atoms with Crippen LogP contribution in [0.1, 0.15) is 5.56 Å². The summed E-state index contributed by atoms with van der Waals surface area (Å²) < 4.78 is 6.19. The molecule has 0 unspecified atom stereocenters. The summed E-state index contributed by atoms with van der Waals surface area (Å²) in [7, 11) is 1.36. The number of carbonyl (C=O) groups excluding carboxylic acids is 1. The van der Waals surface area contributed by atoms with E-state index in [2.05, 4.69) is 36.6 Å². The Hall–Kier alpha value is -0.0600. The van der Waals surface area contributed by atoms with Gasteiger partial charge in [0.15, 0.2) is 0 Å². The van der Waals surface area contributed by atoms with Crippen molar-refractivity contribution in [3.05, 3.63) is 31.7 Å². The predicted molar refractivity (Wildman–Crippen MR) is 62.6 cm³/mol. The number of halogens is 3. The number of hydrogen-bond donors (Lipinski definition) is 0. The van der Waals surface area contributed by atoms with Gasteiger partial charge in [-0.1, -0.05) is 27.5 Å². The Morgan fingerprint density at radius 2 is 2.07 bits per heavy atom. The van der Waals surface area contributed by atoms with Crippen molar-refractivity contribution in [1.82, 2.24) is 0 Å². The molecule has 0 amide bonds. The van der Waals surface area contributed by atoms with Gasteiger partial charge in [0, 0.05) is 8.95 Å². The Labute approximate surface area is 104 Å². The first-order valence-corrected chi connectivity index (χ1v) is 5.71. The third kappa shape index (κ3) is 2.97. The van der Waals surface area contributed by atoms with Gasteiger partial charge in [-0.2, -0.15) is 0 Å². The summed E-state index contributed by atoms with van der Waals surface area (Å²) in [4.78, 5) is 11.0. The van der Waals surface area contributed by atoms with Crippen LogP contribution in [0.15, 0.2) is 21.1 Å². The summed E-state index contributed by atoms with van der Waals surface area (Å²) in [5.74, 6) is -0.288. The second-order valence-corrected chi connectivity index (χ2v) is 4.73. The lowest BCUT2D eigenvalue weighted by Crippen LogP contribution is -2.05. The van der Waals surface area contributed by atoms with Crippen LogP contribution in [0.3, 0.4) is 0 Å². The van der Waals surface area contributed by atoms with E-state index in [4.69, 9.17) is 11.6 Å². The van der Waals surface area contributed by atoms with Crippen molar-refractivity contribution in [3.63, 3.8) is 0 Å². The lowest BCUT2D eigenvalue weighted by Gasteiger charge is -2.05. The van der Waals surface area contributed by atoms with Gasteiger partial charge >= 0.3 is 5.97 Å². The van der Waals surface area contributed by atoms with Crippen molar-refractivity contribution in [2.45, 2.75) is 6.42 Å². The molecule has 0 bridgehead atoms. The molecule has 0 radical (unpaired) electrons. The fourth-order valence-corrected chi connectivity index (χ4v) is 2.25. The standard InChI is InChI=1S/C9H7Br2ClO2/c1-14-9(13)3-5-2-8(12)7(11)4-6(5)10/h2,4H,3H2,1H3. The van der Waals surface area contributed by atoms with Crippen LogP contribution >= 0.6 is 43.5 Å². The molecule has 0 fully saturated rings. The Bertz CT molecular complexity index is 366. The Morgan fingerprint density at radius 3 is 2.64 bits per heavy atom. The number of benzene rings is 1. The fourth-order valence-electron chi connectivity index (χ4n) is 0.927. The van der Waals surface area contributed by atoms with E-state index in [-0.39, 0.29) is 12.4 Å². The van der Waals surface area contributed by atoms with Crippen molar-refractivity contribution in [1.29, 1.82) is 0 Å². The molecule has 5 heteroatoms. The lowest BCUT2D eigenvalue weighted by atomic mass is 10.1. The van der Waals surface area contributed by atoms with E-state index >= 15 is 0 Å². The number of hydrogen-bond acceptors (Lipinski definition) is 2. The van der Waals surface area contributed by atoms with E-state index in [0.29, 0.717) is 5.02 Å². The molecule has 0 saturated carbocycles. The third-order valence-electron chi connectivity index (χ3n) is 1.65. The lowest BCUT2D eigenvalue weighted by molar-refractivity contribution is -0.139. The van der Waals surface area contributed by atoms with Crippen LogP contribution in [0, 0.1) is 0 Å². The zero-order valence-electron chi connectivity index (χ0n) is 7.31. The van der Waals surface area contributed by atoms with Crippen LogP contribution in [0.25, 0.3) is 0 Å². The number of ether oxygens (including phenoxy) is 1. The number of carbonyl (C=O) groups is 1. The van der Waals surface area contributed by atoms with Crippen molar-refractivity contribution in [2.24, 2.45) is 0 Å². The normalized spacial score (nSPS) is 10.0. The molecule has 14 heavy (non-hydrogen) atoms. The largest absolute Gasteiger partial charge is 0.469 e. The van der Waals surface area contributed by atoms with E-state index in [9.17, 15) is 4.79 Å². The monoisotopic (exact) mass is 340 g/mol. The molecule has 1 aromatic rings. The second-order valence-electron chi connectivity index (χ2n) is 2.61. The summed E-state index contributed by atoms with van der Waals surface area (Å²) in [6.07, 6.45) is 0.212. The molecule has 0 aliphatic rings. The molecule has 0 aliphatic heterocycles. The van der Waals surface area contributed by atoms with Crippen molar-refractivity contribution in [3.8, 4) is 0 Å². The van der Waals surface area contributed by atoms with Crippen molar-refractivity contribution in [2.75, 3.05) is 7.11 Å². The molecule has 1 rings (SSSR count). The minimum atomic E-state index is -0.288. The maximum atomic E-state index is 11.0. The first-order chi connectivity index (χ1) is 6.54. The molecule has 0 N–H and O–H groups in total. The van der Waals surface area contributed by atoms with Gasteiger partial charge in [-0.15, -0.1) is 0 Å². The highest BCUT2D eigenvalue weighted by Gasteiger charge is 2.09. The van der Waals surface area contributed by atoms with Crippen molar-refractivity contribution >= 4 is 49.4 Å². The maximum Gasteiger partial charge on any atom is 0.310 e. The zero-order valence-corrected chi connectivity index (χ0v) is 11.2. The summed E-state index contributed by atoms with van der Waals surface area (Å²) >= 11 is 12.5. The highest BCUT2D eigenvalue weighted by molar-refractivity contribution is 9.11. The van der Waals surface area contributed by atoms with Crippen LogP contribution in [-0.4, -0.2) is 13.1 Å². The van der Waals surface area contributed by atoms with Gasteiger partial charge in [0.1, 0.15) is 0 Å². The summed E-state index contributed by atoms with van der Waals surface area (Å²) in [6, 6.07) is 3.53. The van der Waals surface area contributed by atoms with E-state index in [1.165, 1.54) is 7.11 Å². The molecular formula is C9H7Br2ClO2. The first-order valence-electron chi connectivity index (χ1n) is 3.75. The number of rotatable bonds is 2. The van der Waals surface area contributed by atoms with Gasteiger partial charge in [-0.3, -0.25) is 4.79 Å². The smallest absolute Gasteiger partial charge is 0.310 e. The SMILES string of the molecule is COC(=O)Cc1cc(Cl)c(Br)cc1Br. The molecule has 0 atom stereocenters. The van der Waals surface area contributed by atoms with Gasteiger partial charge in [-0.25, -0.2) is 0 Å². The van der Waals surface area contributed by atoms with Crippen LogP contribution < -0.4 is 0 Å². The highest BCUT2D eigenvalue weighted by atomic mass is 79.9. The van der Waals surface area contributed by atoms with E-state index in [1.807, 2.05) is 0 Å². The zero-order chi connectivity index (χ0) is 10.7. The van der Waals surface area contributed by atoms with Crippen LogP contribution in [0.5, 0.6) is 0 Å². The average molecular weight is 342 g/mol. The quantitative estimate of drug-likeness (QED) is 0.607. The molecule has 0 aliphatic carbocycles. The summed E-state index contributed by atoms with van der Waals surface area (Å²) in [6.45, 7) is 0. The first kappa shape index (κ1) is 12.0.